The number of anilines is 1. The summed E-state index contributed by atoms with van der Waals surface area (Å²) < 4.78 is 26.3. The van der Waals surface area contributed by atoms with E-state index in [1.807, 2.05) is 0 Å². The first kappa shape index (κ1) is 12.5. The van der Waals surface area contributed by atoms with E-state index in [9.17, 15) is 13.6 Å². The Balaban J connectivity index is 2.27. The molecule has 0 aliphatic rings. The lowest BCUT2D eigenvalue weighted by atomic mass is 10.2. The van der Waals surface area contributed by atoms with Crippen LogP contribution in [0.3, 0.4) is 0 Å². The monoisotopic (exact) mass is 267 g/mol. The van der Waals surface area contributed by atoms with Crippen LogP contribution in [0.25, 0.3) is 0 Å². The third-order valence-electron chi connectivity index (χ3n) is 2.30. The summed E-state index contributed by atoms with van der Waals surface area (Å²) in [6.45, 7) is 0. The van der Waals surface area contributed by atoms with E-state index in [4.69, 9.17) is 11.6 Å². The summed E-state index contributed by atoms with van der Waals surface area (Å²) in [4.78, 5) is 11.8. The van der Waals surface area contributed by atoms with Crippen molar-refractivity contribution in [1.82, 2.24) is 0 Å². The van der Waals surface area contributed by atoms with Gasteiger partial charge in [0, 0.05) is 6.07 Å². The molecule has 0 aliphatic carbocycles. The third-order valence-corrected chi connectivity index (χ3v) is 2.62. The highest BCUT2D eigenvalue weighted by Crippen LogP contribution is 2.19. The van der Waals surface area contributed by atoms with E-state index in [-0.39, 0.29) is 16.3 Å². The normalized spacial score (nSPS) is 10.2. The fourth-order valence-electron chi connectivity index (χ4n) is 1.43. The van der Waals surface area contributed by atoms with E-state index in [2.05, 4.69) is 5.32 Å². The van der Waals surface area contributed by atoms with Crippen molar-refractivity contribution in [3.05, 3.63) is 64.7 Å². The molecule has 0 radical (unpaired) electrons. The smallest absolute Gasteiger partial charge is 0.257 e. The van der Waals surface area contributed by atoms with Gasteiger partial charge in [-0.3, -0.25) is 4.79 Å². The number of nitrogens with one attached hydrogen (secondary N) is 1. The number of hydrogen-bond donors (Lipinski definition) is 1. The summed E-state index contributed by atoms with van der Waals surface area (Å²) >= 11 is 5.83. The minimum Gasteiger partial charge on any atom is -0.319 e. The molecule has 1 amide bonds. The molecular weight excluding hydrogens is 260 g/mol. The molecule has 0 bridgehead atoms. The van der Waals surface area contributed by atoms with Crippen LogP contribution in [0.5, 0.6) is 0 Å². The predicted octanol–water partition coefficient (Wildman–Crippen LogP) is 3.87. The standard InChI is InChI=1S/C13H8ClF2NO/c14-10-4-2-1-3-9(10)13(18)17-12-7-8(15)5-6-11(12)16/h1-7H,(H,17,18). The zero-order valence-corrected chi connectivity index (χ0v) is 9.84. The van der Waals surface area contributed by atoms with Crippen molar-refractivity contribution in [3.63, 3.8) is 0 Å². The molecule has 1 N–H and O–H groups in total. The zero-order valence-electron chi connectivity index (χ0n) is 9.08. The van der Waals surface area contributed by atoms with Crippen LogP contribution in [0.15, 0.2) is 42.5 Å². The maximum absolute atomic E-state index is 13.3. The molecule has 2 rings (SSSR count). The first-order valence-electron chi connectivity index (χ1n) is 5.09. The Morgan fingerprint density at radius 2 is 1.83 bits per heavy atom. The fraction of sp³-hybridized carbons (Fsp3) is 0. The van der Waals surface area contributed by atoms with Crippen molar-refractivity contribution >= 4 is 23.2 Å². The number of benzene rings is 2. The van der Waals surface area contributed by atoms with Crippen LogP contribution >= 0.6 is 11.6 Å². The van der Waals surface area contributed by atoms with Crippen LogP contribution in [-0.2, 0) is 0 Å². The number of amides is 1. The zero-order chi connectivity index (χ0) is 13.1. The Morgan fingerprint density at radius 3 is 2.56 bits per heavy atom. The topological polar surface area (TPSA) is 29.1 Å². The second kappa shape index (κ2) is 5.14. The predicted molar refractivity (Wildman–Crippen MR) is 65.8 cm³/mol. The van der Waals surface area contributed by atoms with E-state index < -0.39 is 17.5 Å². The number of halogens is 3. The van der Waals surface area contributed by atoms with Crippen molar-refractivity contribution in [1.29, 1.82) is 0 Å². The molecular formula is C13H8ClF2NO. The molecule has 0 fully saturated rings. The van der Waals surface area contributed by atoms with Gasteiger partial charge in [-0.05, 0) is 24.3 Å². The summed E-state index contributed by atoms with van der Waals surface area (Å²) in [7, 11) is 0. The van der Waals surface area contributed by atoms with Crippen LogP contribution in [0.4, 0.5) is 14.5 Å². The Kier molecular flexibility index (Phi) is 3.58. The quantitative estimate of drug-likeness (QED) is 0.879. The first-order chi connectivity index (χ1) is 8.58. The van der Waals surface area contributed by atoms with Crippen molar-refractivity contribution in [3.8, 4) is 0 Å². The molecule has 18 heavy (non-hydrogen) atoms. The van der Waals surface area contributed by atoms with Crippen LogP contribution < -0.4 is 5.32 Å². The van der Waals surface area contributed by atoms with E-state index in [1.54, 1.807) is 18.2 Å². The third kappa shape index (κ3) is 2.65. The van der Waals surface area contributed by atoms with Crippen molar-refractivity contribution in [2.75, 3.05) is 5.32 Å². The van der Waals surface area contributed by atoms with Gasteiger partial charge in [0.2, 0.25) is 0 Å². The lowest BCUT2D eigenvalue weighted by Crippen LogP contribution is -2.13. The summed E-state index contributed by atoms with van der Waals surface area (Å²) in [6, 6.07) is 9.15. The van der Waals surface area contributed by atoms with Gasteiger partial charge in [-0.2, -0.15) is 0 Å². The van der Waals surface area contributed by atoms with Crippen LogP contribution in [0, 0.1) is 11.6 Å². The van der Waals surface area contributed by atoms with Gasteiger partial charge in [0.1, 0.15) is 11.6 Å². The average molecular weight is 268 g/mol. The minimum atomic E-state index is -0.711. The summed E-state index contributed by atoms with van der Waals surface area (Å²) in [6.07, 6.45) is 0. The first-order valence-corrected chi connectivity index (χ1v) is 5.46. The molecule has 0 aromatic heterocycles. The van der Waals surface area contributed by atoms with Gasteiger partial charge in [-0.1, -0.05) is 23.7 Å². The van der Waals surface area contributed by atoms with Gasteiger partial charge in [-0.15, -0.1) is 0 Å². The highest BCUT2D eigenvalue weighted by Gasteiger charge is 2.12. The average Bonchev–Trinajstić information content (AvgIpc) is 2.34. The van der Waals surface area contributed by atoms with Gasteiger partial charge < -0.3 is 5.32 Å². The van der Waals surface area contributed by atoms with Gasteiger partial charge in [-0.25, -0.2) is 8.78 Å². The Bertz CT molecular complexity index is 601. The van der Waals surface area contributed by atoms with Gasteiger partial charge in [0.25, 0.3) is 5.91 Å². The van der Waals surface area contributed by atoms with Crippen LogP contribution in [0.1, 0.15) is 10.4 Å². The van der Waals surface area contributed by atoms with Crippen molar-refractivity contribution < 1.29 is 13.6 Å². The Morgan fingerprint density at radius 1 is 1.11 bits per heavy atom. The summed E-state index contributed by atoms with van der Waals surface area (Å²) in [5.74, 6) is -1.94. The summed E-state index contributed by atoms with van der Waals surface area (Å²) in [5, 5.41) is 2.51. The Labute approximate surface area is 107 Å². The molecule has 2 aromatic rings. The lowest BCUT2D eigenvalue weighted by Gasteiger charge is -2.07. The molecule has 0 saturated heterocycles. The fourth-order valence-corrected chi connectivity index (χ4v) is 1.65. The van der Waals surface area contributed by atoms with Gasteiger partial charge in [0.05, 0.1) is 16.3 Å². The maximum atomic E-state index is 13.3. The van der Waals surface area contributed by atoms with Crippen molar-refractivity contribution in [2.24, 2.45) is 0 Å². The molecule has 0 unspecified atom stereocenters. The largest absolute Gasteiger partial charge is 0.319 e. The lowest BCUT2D eigenvalue weighted by molar-refractivity contribution is 0.102. The molecule has 0 spiro atoms. The minimum absolute atomic E-state index is 0.197. The van der Waals surface area contributed by atoms with E-state index in [0.29, 0.717) is 0 Å². The molecule has 2 aromatic carbocycles. The highest BCUT2D eigenvalue weighted by molar-refractivity contribution is 6.34. The Hall–Kier alpha value is -1.94. The van der Waals surface area contributed by atoms with Crippen LogP contribution in [0.2, 0.25) is 5.02 Å². The molecule has 0 atom stereocenters. The highest BCUT2D eigenvalue weighted by atomic mass is 35.5. The molecule has 5 heteroatoms. The van der Waals surface area contributed by atoms with E-state index in [0.717, 1.165) is 18.2 Å². The molecule has 0 heterocycles. The number of carbonyl (C=O) groups excluding carboxylic acids is 1. The van der Waals surface area contributed by atoms with E-state index >= 15 is 0 Å². The maximum Gasteiger partial charge on any atom is 0.257 e. The number of carbonyl (C=O) groups is 1. The van der Waals surface area contributed by atoms with Crippen LogP contribution in [-0.4, -0.2) is 5.91 Å². The summed E-state index contributed by atoms with van der Waals surface area (Å²) in [5.41, 5.74) is -0.0252. The van der Waals surface area contributed by atoms with Crippen molar-refractivity contribution in [2.45, 2.75) is 0 Å². The van der Waals surface area contributed by atoms with Gasteiger partial charge >= 0.3 is 0 Å². The SMILES string of the molecule is O=C(Nc1cc(F)ccc1F)c1ccccc1Cl. The molecule has 2 nitrogen and oxygen atoms in total. The molecule has 92 valence electrons. The van der Waals surface area contributed by atoms with Gasteiger partial charge in [0.15, 0.2) is 0 Å². The molecule has 0 aliphatic heterocycles. The second-order valence-corrected chi connectivity index (χ2v) is 3.97. The number of rotatable bonds is 2. The van der Waals surface area contributed by atoms with E-state index in [1.165, 1.54) is 6.07 Å². The number of hydrogen-bond acceptors (Lipinski definition) is 1. The second-order valence-electron chi connectivity index (χ2n) is 3.56. The molecule has 0 saturated carbocycles.